The number of nitrogens with one attached hydrogen (secondary N) is 2. The monoisotopic (exact) mass is 499 g/mol. The van der Waals surface area contributed by atoms with E-state index in [-0.39, 0.29) is 23.0 Å². The van der Waals surface area contributed by atoms with Crippen molar-refractivity contribution >= 4 is 27.2 Å². The predicted molar refractivity (Wildman–Crippen MR) is 139 cm³/mol. The van der Waals surface area contributed by atoms with Crippen LogP contribution in [-0.2, 0) is 10.0 Å². The number of benzene rings is 2. The molecule has 8 nitrogen and oxygen atoms in total. The van der Waals surface area contributed by atoms with Gasteiger partial charge in [0.25, 0.3) is 0 Å². The van der Waals surface area contributed by atoms with Crippen LogP contribution >= 0.6 is 0 Å². The molecule has 2 heterocycles. The molecule has 2 aromatic carbocycles. The lowest BCUT2D eigenvalue weighted by molar-refractivity contribution is 0.389. The number of nitrogen functional groups attached to an aromatic ring is 1. The van der Waals surface area contributed by atoms with Crippen LogP contribution in [-0.4, -0.2) is 52.4 Å². The number of nitrogens with zero attached hydrogens (tertiary/aromatic N) is 2. The van der Waals surface area contributed by atoms with Gasteiger partial charge in [0.2, 0.25) is 10.0 Å². The standard InChI is InChI=1S/C25H30FN5O3S/c1-3-12-35(32,33)30-23-15-18(14-22(26)24(23)34-2)21-13-19(16-29-25(21)27)17-4-6-20(7-5-17)31-10-8-28-9-11-31/h4-7,13-16,28,30H,3,8-12H2,1-2H3,(H2,27,29). The zero-order chi connectivity index (χ0) is 25.0. The summed E-state index contributed by atoms with van der Waals surface area (Å²) in [6, 6.07) is 12.8. The van der Waals surface area contributed by atoms with Crippen molar-refractivity contribution in [1.82, 2.24) is 10.3 Å². The molecule has 0 unspecified atom stereocenters. The van der Waals surface area contributed by atoms with Gasteiger partial charge in [0, 0.05) is 49.2 Å². The fourth-order valence-electron chi connectivity index (χ4n) is 4.17. The smallest absolute Gasteiger partial charge is 0.232 e. The van der Waals surface area contributed by atoms with Crippen LogP contribution in [0, 0.1) is 5.82 Å². The van der Waals surface area contributed by atoms with Crippen LogP contribution in [0.25, 0.3) is 22.3 Å². The SMILES string of the molecule is CCCS(=O)(=O)Nc1cc(-c2cc(-c3ccc(N4CCNCC4)cc3)cnc2N)cc(F)c1OC. The first-order chi connectivity index (χ1) is 16.8. The van der Waals surface area contributed by atoms with E-state index in [1.807, 2.05) is 18.2 Å². The quantitative estimate of drug-likeness (QED) is 0.433. The van der Waals surface area contributed by atoms with Gasteiger partial charge in [-0.15, -0.1) is 0 Å². The first-order valence-corrected chi connectivity index (χ1v) is 13.2. The summed E-state index contributed by atoms with van der Waals surface area (Å²) in [6.07, 6.45) is 2.09. The highest BCUT2D eigenvalue weighted by molar-refractivity contribution is 7.92. The number of aromatic nitrogens is 1. The Morgan fingerprint density at radius 3 is 2.49 bits per heavy atom. The van der Waals surface area contributed by atoms with Gasteiger partial charge >= 0.3 is 0 Å². The van der Waals surface area contributed by atoms with Crippen LogP contribution in [0.4, 0.5) is 21.6 Å². The molecule has 0 amide bonds. The van der Waals surface area contributed by atoms with Gasteiger partial charge in [0.05, 0.1) is 18.6 Å². The highest BCUT2D eigenvalue weighted by atomic mass is 32.2. The minimum Gasteiger partial charge on any atom is -0.492 e. The largest absolute Gasteiger partial charge is 0.492 e. The number of hydrogen-bond acceptors (Lipinski definition) is 7. The fraction of sp³-hybridized carbons (Fsp3) is 0.320. The first-order valence-electron chi connectivity index (χ1n) is 11.5. The number of hydrogen-bond donors (Lipinski definition) is 3. The van der Waals surface area contributed by atoms with Crippen LogP contribution in [0.2, 0.25) is 0 Å². The molecule has 3 aromatic rings. The minimum atomic E-state index is -3.66. The molecular formula is C25H30FN5O3S. The molecule has 4 rings (SSSR count). The first kappa shape index (κ1) is 24.7. The zero-order valence-electron chi connectivity index (χ0n) is 19.8. The third kappa shape index (κ3) is 5.66. The Labute approximate surface area is 205 Å². The molecule has 0 saturated carbocycles. The maximum Gasteiger partial charge on any atom is 0.232 e. The second kappa shape index (κ2) is 10.5. The molecule has 1 saturated heterocycles. The van der Waals surface area contributed by atoms with Crippen molar-refractivity contribution in [1.29, 1.82) is 0 Å². The van der Waals surface area contributed by atoms with E-state index in [1.165, 1.54) is 19.2 Å². The Morgan fingerprint density at radius 1 is 1.11 bits per heavy atom. The number of nitrogens with two attached hydrogens (primary N) is 1. The summed E-state index contributed by atoms with van der Waals surface area (Å²) >= 11 is 0. The normalized spacial score (nSPS) is 14.1. The summed E-state index contributed by atoms with van der Waals surface area (Å²) in [4.78, 5) is 6.64. The fourth-order valence-corrected chi connectivity index (χ4v) is 5.30. The van der Waals surface area contributed by atoms with Crippen molar-refractivity contribution in [3.8, 4) is 28.0 Å². The average Bonchev–Trinajstić information content (AvgIpc) is 2.84. The van der Waals surface area contributed by atoms with E-state index in [9.17, 15) is 12.8 Å². The lowest BCUT2D eigenvalue weighted by Gasteiger charge is -2.29. The van der Waals surface area contributed by atoms with E-state index < -0.39 is 15.8 Å². The number of halogens is 1. The van der Waals surface area contributed by atoms with Crippen molar-refractivity contribution in [2.45, 2.75) is 13.3 Å². The highest BCUT2D eigenvalue weighted by Crippen LogP contribution is 2.37. The second-order valence-electron chi connectivity index (χ2n) is 8.40. The summed E-state index contributed by atoms with van der Waals surface area (Å²) in [5.41, 5.74) is 9.95. The Hall–Kier alpha value is -3.37. The molecule has 35 heavy (non-hydrogen) atoms. The van der Waals surface area contributed by atoms with Gasteiger partial charge < -0.3 is 20.7 Å². The summed E-state index contributed by atoms with van der Waals surface area (Å²) in [7, 11) is -2.37. The molecule has 1 aromatic heterocycles. The van der Waals surface area contributed by atoms with Crippen LogP contribution in [0.15, 0.2) is 48.7 Å². The molecular weight excluding hydrogens is 469 g/mol. The lowest BCUT2D eigenvalue weighted by Crippen LogP contribution is -2.43. The molecule has 4 N–H and O–H groups in total. The topological polar surface area (TPSA) is 110 Å². The molecule has 0 spiro atoms. The molecule has 0 atom stereocenters. The van der Waals surface area contributed by atoms with Crippen LogP contribution in [0.5, 0.6) is 5.75 Å². The maximum absolute atomic E-state index is 14.9. The van der Waals surface area contributed by atoms with Gasteiger partial charge in [0.1, 0.15) is 5.82 Å². The van der Waals surface area contributed by atoms with Crippen LogP contribution < -0.4 is 25.4 Å². The molecule has 0 bridgehead atoms. The van der Waals surface area contributed by atoms with E-state index in [2.05, 4.69) is 32.1 Å². The van der Waals surface area contributed by atoms with Crippen LogP contribution in [0.1, 0.15) is 13.3 Å². The van der Waals surface area contributed by atoms with Crippen molar-refractivity contribution in [3.05, 3.63) is 54.5 Å². The van der Waals surface area contributed by atoms with Crippen molar-refractivity contribution in [2.75, 3.05) is 54.4 Å². The summed E-state index contributed by atoms with van der Waals surface area (Å²) in [6.45, 7) is 5.59. The van der Waals surface area contributed by atoms with Crippen molar-refractivity contribution in [3.63, 3.8) is 0 Å². The number of sulfonamides is 1. The van der Waals surface area contributed by atoms with Gasteiger partial charge in [-0.05, 0) is 47.9 Å². The van der Waals surface area contributed by atoms with Gasteiger partial charge in [-0.25, -0.2) is 17.8 Å². The maximum atomic E-state index is 14.9. The Balaban J connectivity index is 1.69. The Kier molecular flexibility index (Phi) is 7.42. The molecule has 1 aliphatic rings. The molecule has 1 aliphatic heterocycles. The third-order valence-corrected chi connectivity index (χ3v) is 7.37. The van der Waals surface area contributed by atoms with E-state index >= 15 is 0 Å². The molecule has 10 heteroatoms. The van der Waals surface area contributed by atoms with Gasteiger partial charge in [-0.3, -0.25) is 4.72 Å². The van der Waals surface area contributed by atoms with Crippen molar-refractivity contribution in [2.24, 2.45) is 0 Å². The molecule has 0 aliphatic carbocycles. The van der Waals surface area contributed by atoms with Crippen molar-refractivity contribution < 1.29 is 17.5 Å². The second-order valence-corrected chi connectivity index (χ2v) is 10.2. The summed E-state index contributed by atoms with van der Waals surface area (Å²) in [5.74, 6) is -0.771. The Morgan fingerprint density at radius 2 is 1.83 bits per heavy atom. The van der Waals surface area contributed by atoms with E-state index in [0.717, 1.165) is 43.0 Å². The summed E-state index contributed by atoms with van der Waals surface area (Å²) in [5, 5.41) is 3.35. The highest BCUT2D eigenvalue weighted by Gasteiger charge is 2.19. The average molecular weight is 500 g/mol. The Bertz CT molecular complexity index is 1290. The minimum absolute atomic E-state index is 0.0149. The molecule has 1 fully saturated rings. The van der Waals surface area contributed by atoms with Gasteiger partial charge in [0.15, 0.2) is 11.6 Å². The van der Waals surface area contributed by atoms with Gasteiger partial charge in [-0.1, -0.05) is 19.1 Å². The summed E-state index contributed by atoms with van der Waals surface area (Å²) < 4.78 is 47.1. The lowest BCUT2D eigenvalue weighted by atomic mass is 10.00. The number of rotatable bonds is 8. The number of methoxy groups -OCH3 is 1. The molecule has 0 radical (unpaired) electrons. The predicted octanol–water partition coefficient (Wildman–Crippen LogP) is 3.71. The number of piperazine rings is 1. The number of anilines is 3. The molecule has 186 valence electrons. The van der Waals surface area contributed by atoms with Gasteiger partial charge in [-0.2, -0.15) is 0 Å². The number of ether oxygens (including phenoxy) is 1. The zero-order valence-corrected chi connectivity index (χ0v) is 20.7. The number of pyridine rings is 1. The van der Waals surface area contributed by atoms with Crippen LogP contribution in [0.3, 0.4) is 0 Å². The van der Waals surface area contributed by atoms with E-state index in [0.29, 0.717) is 17.5 Å². The third-order valence-electron chi connectivity index (χ3n) is 5.90. The van der Waals surface area contributed by atoms with E-state index in [1.54, 1.807) is 13.1 Å². The van der Waals surface area contributed by atoms with E-state index in [4.69, 9.17) is 10.5 Å².